The molecule has 0 bridgehead atoms. The first kappa shape index (κ1) is 21.2. The number of nitrogens with zero attached hydrogens (tertiary/aromatic N) is 5. The van der Waals surface area contributed by atoms with Gasteiger partial charge in [-0.1, -0.05) is 29.8 Å². The second-order valence-corrected chi connectivity index (χ2v) is 6.83. The molecular weight excluding hydrogens is 397 g/mol. The van der Waals surface area contributed by atoms with E-state index in [0.29, 0.717) is 0 Å². The van der Waals surface area contributed by atoms with Gasteiger partial charge >= 0.3 is 6.18 Å². The van der Waals surface area contributed by atoms with Crippen LogP contribution < -0.4 is 5.43 Å². The van der Waals surface area contributed by atoms with E-state index in [0.717, 1.165) is 39.2 Å². The Morgan fingerprint density at radius 3 is 2.53 bits per heavy atom. The molecule has 30 heavy (non-hydrogen) atoms. The number of carbonyl (C=O) groups excluding carboxylic acids is 1. The molecule has 7 nitrogen and oxygen atoms in total. The molecule has 0 spiro atoms. The summed E-state index contributed by atoms with van der Waals surface area (Å²) in [6.07, 6.45) is -2.91. The van der Waals surface area contributed by atoms with Gasteiger partial charge in [0.15, 0.2) is 0 Å². The van der Waals surface area contributed by atoms with Gasteiger partial charge in [-0.15, -0.1) is 10.2 Å². The minimum absolute atomic E-state index is 0.0108. The summed E-state index contributed by atoms with van der Waals surface area (Å²) < 4.78 is 38.5. The lowest BCUT2D eigenvalue weighted by Crippen LogP contribution is -2.24. The molecule has 0 saturated heterocycles. The van der Waals surface area contributed by atoms with Crippen LogP contribution in [0.25, 0.3) is 11.4 Å². The number of aromatic nitrogens is 4. The Morgan fingerprint density at radius 1 is 1.17 bits per heavy atom. The van der Waals surface area contributed by atoms with Crippen molar-refractivity contribution in [3.8, 4) is 11.4 Å². The smallest absolute Gasteiger partial charge is 0.271 e. The standard InChI is InChI=1S/C20H19F3N6O/c1-12-7-13(2)17(14(3)8-12)10-24-25-18(30)11-29-27-19(26-28-29)15-5-4-6-16(9-15)20(21,22)23/h4-10H,11H2,1-3H3,(H,25,30)/b24-10-. The van der Waals surface area contributed by atoms with Gasteiger partial charge in [-0.05, 0) is 49.2 Å². The molecular formula is C20H19F3N6O. The first-order chi connectivity index (χ1) is 14.1. The Morgan fingerprint density at radius 2 is 1.87 bits per heavy atom. The van der Waals surface area contributed by atoms with Crippen LogP contribution in [0.5, 0.6) is 0 Å². The number of halogens is 3. The normalized spacial score (nSPS) is 11.8. The largest absolute Gasteiger partial charge is 0.416 e. The molecule has 1 N–H and O–H groups in total. The van der Waals surface area contributed by atoms with Crippen LogP contribution in [0.15, 0.2) is 41.5 Å². The third-order valence-corrected chi connectivity index (χ3v) is 4.31. The fourth-order valence-corrected chi connectivity index (χ4v) is 2.99. The van der Waals surface area contributed by atoms with Crippen molar-refractivity contribution in [3.63, 3.8) is 0 Å². The van der Waals surface area contributed by atoms with E-state index in [2.05, 4.69) is 25.9 Å². The molecule has 1 heterocycles. The number of amides is 1. The summed E-state index contributed by atoms with van der Waals surface area (Å²) in [5.41, 5.74) is 5.84. The van der Waals surface area contributed by atoms with Crippen LogP contribution in [0, 0.1) is 20.8 Å². The number of carbonyl (C=O) groups is 1. The molecule has 156 valence electrons. The maximum Gasteiger partial charge on any atom is 0.416 e. The van der Waals surface area contributed by atoms with Gasteiger partial charge in [-0.25, -0.2) is 5.43 Å². The maximum atomic E-state index is 12.8. The lowest BCUT2D eigenvalue weighted by Gasteiger charge is -2.06. The molecule has 1 amide bonds. The van der Waals surface area contributed by atoms with Crippen LogP contribution in [-0.2, 0) is 17.5 Å². The van der Waals surface area contributed by atoms with E-state index in [4.69, 9.17) is 0 Å². The monoisotopic (exact) mass is 416 g/mol. The van der Waals surface area contributed by atoms with E-state index >= 15 is 0 Å². The Balaban J connectivity index is 1.65. The molecule has 3 rings (SSSR count). The summed E-state index contributed by atoms with van der Waals surface area (Å²) in [5.74, 6) is -0.509. The maximum absolute atomic E-state index is 12.8. The summed E-state index contributed by atoms with van der Waals surface area (Å²) >= 11 is 0. The van der Waals surface area contributed by atoms with Gasteiger partial charge in [0.1, 0.15) is 6.54 Å². The molecule has 0 fully saturated rings. The van der Waals surface area contributed by atoms with Crippen molar-refractivity contribution in [1.29, 1.82) is 0 Å². The molecule has 0 aliphatic carbocycles. The van der Waals surface area contributed by atoms with Crippen LogP contribution in [0.1, 0.15) is 27.8 Å². The molecule has 0 radical (unpaired) electrons. The number of nitrogens with one attached hydrogen (secondary N) is 1. The minimum atomic E-state index is -4.47. The van der Waals surface area contributed by atoms with Crippen molar-refractivity contribution in [2.45, 2.75) is 33.5 Å². The molecule has 2 aromatic carbocycles. The Kier molecular flexibility index (Phi) is 5.95. The zero-order valence-corrected chi connectivity index (χ0v) is 16.5. The first-order valence-corrected chi connectivity index (χ1v) is 8.98. The van der Waals surface area contributed by atoms with Crippen LogP contribution in [0.4, 0.5) is 13.2 Å². The predicted octanol–water partition coefficient (Wildman–Crippen LogP) is 3.43. The Labute approximate surface area is 170 Å². The van der Waals surface area contributed by atoms with Gasteiger partial charge < -0.3 is 0 Å². The van der Waals surface area contributed by atoms with E-state index in [1.54, 1.807) is 6.21 Å². The minimum Gasteiger partial charge on any atom is -0.271 e. The topological polar surface area (TPSA) is 85.1 Å². The van der Waals surface area contributed by atoms with Crippen molar-refractivity contribution in [2.75, 3.05) is 0 Å². The van der Waals surface area contributed by atoms with Crippen molar-refractivity contribution < 1.29 is 18.0 Å². The molecule has 0 aliphatic rings. The van der Waals surface area contributed by atoms with Crippen LogP contribution >= 0.6 is 0 Å². The highest BCUT2D eigenvalue weighted by molar-refractivity contribution is 5.85. The third-order valence-electron chi connectivity index (χ3n) is 4.31. The molecule has 0 atom stereocenters. The fourth-order valence-electron chi connectivity index (χ4n) is 2.99. The quantitative estimate of drug-likeness (QED) is 0.510. The zero-order valence-electron chi connectivity index (χ0n) is 16.5. The number of benzene rings is 2. The highest BCUT2D eigenvalue weighted by Gasteiger charge is 2.30. The molecule has 1 aromatic heterocycles. The van der Waals surface area contributed by atoms with Gasteiger partial charge in [-0.3, -0.25) is 4.79 Å². The second kappa shape index (κ2) is 8.44. The van der Waals surface area contributed by atoms with E-state index in [-0.39, 0.29) is 17.9 Å². The van der Waals surface area contributed by atoms with Crippen molar-refractivity contribution in [3.05, 3.63) is 64.2 Å². The summed E-state index contributed by atoms with van der Waals surface area (Å²) in [7, 11) is 0. The average molecular weight is 416 g/mol. The van der Waals surface area contributed by atoms with Crippen molar-refractivity contribution in [1.82, 2.24) is 25.6 Å². The lowest BCUT2D eigenvalue weighted by atomic mass is 10.0. The number of hydrogen-bond donors (Lipinski definition) is 1. The molecule has 3 aromatic rings. The first-order valence-electron chi connectivity index (χ1n) is 8.98. The summed E-state index contributed by atoms with van der Waals surface area (Å²) in [6, 6.07) is 8.62. The Bertz CT molecular complexity index is 1080. The summed E-state index contributed by atoms with van der Waals surface area (Å²) in [4.78, 5) is 13.0. The molecule has 0 aliphatic heterocycles. The number of hydrazone groups is 1. The van der Waals surface area contributed by atoms with Gasteiger partial charge in [-0.2, -0.15) is 23.1 Å². The van der Waals surface area contributed by atoms with Gasteiger partial charge in [0.25, 0.3) is 5.91 Å². The van der Waals surface area contributed by atoms with Gasteiger partial charge in [0, 0.05) is 11.1 Å². The van der Waals surface area contributed by atoms with E-state index in [1.807, 2.05) is 32.9 Å². The Hall–Kier alpha value is -3.56. The van der Waals surface area contributed by atoms with Crippen LogP contribution in [-0.4, -0.2) is 32.3 Å². The highest BCUT2D eigenvalue weighted by Crippen LogP contribution is 2.31. The van der Waals surface area contributed by atoms with E-state index in [1.165, 1.54) is 12.1 Å². The van der Waals surface area contributed by atoms with Gasteiger partial charge in [0.05, 0.1) is 11.8 Å². The summed E-state index contributed by atoms with van der Waals surface area (Å²) in [5, 5.41) is 15.3. The van der Waals surface area contributed by atoms with E-state index < -0.39 is 17.6 Å². The zero-order chi connectivity index (χ0) is 21.9. The van der Waals surface area contributed by atoms with E-state index in [9.17, 15) is 18.0 Å². The molecule has 0 unspecified atom stereocenters. The van der Waals surface area contributed by atoms with Crippen LogP contribution in [0.3, 0.4) is 0 Å². The lowest BCUT2D eigenvalue weighted by molar-refractivity contribution is -0.137. The predicted molar refractivity (Wildman–Crippen MR) is 105 cm³/mol. The number of alkyl halides is 3. The average Bonchev–Trinajstić information content (AvgIpc) is 3.11. The number of aryl methyl sites for hydroxylation is 3. The molecule has 0 saturated carbocycles. The summed E-state index contributed by atoms with van der Waals surface area (Å²) in [6.45, 7) is 5.63. The van der Waals surface area contributed by atoms with Crippen molar-refractivity contribution >= 4 is 12.1 Å². The third kappa shape index (κ3) is 5.07. The van der Waals surface area contributed by atoms with Gasteiger partial charge in [0.2, 0.25) is 5.82 Å². The number of rotatable bonds is 5. The number of hydrogen-bond acceptors (Lipinski definition) is 5. The van der Waals surface area contributed by atoms with Crippen molar-refractivity contribution in [2.24, 2.45) is 5.10 Å². The highest BCUT2D eigenvalue weighted by atomic mass is 19.4. The fraction of sp³-hybridized carbons (Fsp3) is 0.250. The second-order valence-electron chi connectivity index (χ2n) is 6.83. The number of tetrazole rings is 1. The molecule has 10 heteroatoms. The van der Waals surface area contributed by atoms with Crippen LogP contribution in [0.2, 0.25) is 0 Å². The SMILES string of the molecule is Cc1cc(C)c(/C=N\NC(=O)Cn2nnc(-c3cccc(C(F)(F)F)c3)n2)c(C)c1.